The number of morpholine rings is 1. The van der Waals surface area contributed by atoms with Gasteiger partial charge in [0.05, 0.1) is 52.1 Å². The van der Waals surface area contributed by atoms with Crippen molar-refractivity contribution in [2.45, 2.75) is 31.1 Å². The van der Waals surface area contributed by atoms with Gasteiger partial charge in [0.15, 0.2) is 10.7 Å². The highest BCUT2D eigenvalue weighted by Gasteiger charge is 2.29. The van der Waals surface area contributed by atoms with Crippen LogP contribution in [0.1, 0.15) is 25.8 Å². The molecule has 2 aromatic carbocycles. The third kappa shape index (κ3) is 6.92. The second kappa shape index (κ2) is 12.9. The number of ether oxygens (including phenoxy) is 1. The van der Waals surface area contributed by atoms with Crippen molar-refractivity contribution in [3.05, 3.63) is 89.5 Å². The summed E-state index contributed by atoms with van der Waals surface area (Å²) in [7, 11) is -4.82. The molecular weight excluding hydrogens is 652 g/mol. The fourth-order valence-electron chi connectivity index (χ4n) is 4.84. The van der Waals surface area contributed by atoms with Crippen LogP contribution in [0.25, 0.3) is 21.8 Å². The quantitative estimate of drug-likeness (QED) is 0.183. The Bertz CT molecular complexity index is 2010. The van der Waals surface area contributed by atoms with E-state index >= 15 is 4.39 Å². The Morgan fingerprint density at radius 3 is 2.32 bits per heavy atom. The van der Waals surface area contributed by atoms with Crippen molar-refractivity contribution in [3.63, 3.8) is 0 Å². The topological polar surface area (TPSA) is 122 Å². The van der Waals surface area contributed by atoms with Gasteiger partial charge in [-0.25, -0.2) is 41.5 Å². The molecule has 2 N–H and O–H groups in total. The van der Waals surface area contributed by atoms with Crippen LogP contribution >= 0.6 is 11.3 Å². The number of thiazole rings is 1. The maximum Gasteiger partial charge on any atom is 0.267 e. The Hall–Kier alpha value is -4.60. The first kappa shape index (κ1) is 32.3. The van der Waals surface area contributed by atoms with Crippen LogP contribution in [-0.4, -0.2) is 54.7 Å². The van der Waals surface area contributed by atoms with Crippen molar-refractivity contribution in [1.29, 1.82) is 0 Å². The first-order valence-corrected chi connectivity index (χ1v) is 16.9. The van der Waals surface area contributed by atoms with Crippen molar-refractivity contribution in [1.82, 2.24) is 19.9 Å². The third-order valence-corrected chi connectivity index (χ3v) is 10.1. The van der Waals surface area contributed by atoms with E-state index in [-0.39, 0.29) is 17.2 Å². The number of rotatable bonds is 8. The Morgan fingerprint density at radius 1 is 0.915 bits per heavy atom. The Morgan fingerprint density at radius 2 is 1.64 bits per heavy atom. The number of hydrogen-bond donors (Lipinski definition) is 2. The van der Waals surface area contributed by atoms with E-state index in [4.69, 9.17) is 9.72 Å². The first-order chi connectivity index (χ1) is 22.4. The fraction of sp³-hybridized carbons (Fsp3) is 0.250. The summed E-state index contributed by atoms with van der Waals surface area (Å²) in [6, 6.07) is 12.1. The fourth-order valence-corrected chi connectivity index (χ4v) is 7.15. The highest BCUT2D eigenvalue weighted by atomic mass is 32.2. The van der Waals surface area contributed by atoms with Crippen molar-refractivity contribution in [2.24, 2.45) is 0 Å². The minimum Gasteiger partial charge on any atom is -0.378 e. The van der Waals surface area contributed by atoms with Gasteiger partial charge >= 0.3 is 0 Å². The standard InChI is InChI=1S/C32H30F3N7O3S2/c1-32(2,3)30-40-27(20-6-4-9-23(26(20)35)41-47(43,44)29-21(33)7-5-8-22(29)34)28(46-30)24-12-13-36-31(39-24)38-19-10-11-25(37-18-19)42-14-16-45-17-15-42/h4-13,18,41H,14-17H2,1-3H3,(H,36,38,39). The lowest BCUT2D eigenvalue weighted by atomic mass is 9.98. The minimum absolute atomic E-state index is 0.0306. The molecule has 47 heavy (non-hydrogen) atoms. The number of nitrogens with zero attached hydrogens (tertiary/aromatic N) is 5. The number of halogens is 3. The third-order valence-electron chi connectivity index (χ3n) is 7.18. The van der Waals surface area contributed by atoms with E-state index in [0.717, 1.165) is 43.2 Å². The van der Waals surface area contributed by atoms with E-state index in [2.05, 4.69) is 25.2 Å². The highest BCUT2D eigenvalue weighted by Crippen LogP contribution is 2.42. The number of anilines is 4. The van der Waals surface area contributed by atoms with Gasteiger partial charge in [-0.15, -0.1) is 11.3 Å². The van der Waals surface area contributed by atoms with E-state index < -0.39 is 43.5 Å². The molecule has 1 aliphatic rings. The minimum atomic E-state index is -4.82. The summed E-state index contributed by atoms with van der Waals surface area (Å²) in [5, 5.41) is 3.83. The molecule has 1 fully saturated rings. The second-order valence-electron chi connectivity index (χ2n) is 11.7. The van der Waals surface area contributed by atoms with E-state index in [9.17, 15) is 17.2 Å². The summed E-state index contributed by atoms with van der Waals surface area (Å²) in [5.41, 5.74) is 0.379. The number of hydrogen-bond acceptors (Lipinski definition) is 10. The van der Waals surface area contributed by atoms with Crippen LogP contribution < -0.4 is 14.9 Å². The van der Waals surface area contributed by atoms with Crippen LogP contribution in [0.3, 0.4) is 0 Å². The average Bonchev–Trinajstić information content (AvgIpc) is 3.49. The lowest BCUT2D eigenvalue weighted by Gasteiger charge is -2.27. The van der Waals surface area contributed by atoms with E-state index in [1.54, 1.807) is 18.5 Å². The summed E-state index contributed by atoms with van der Waals surface area (Å²) in [5.74, 6) is -2.47. The largest absolute Gasteiger partial charge is 0.378 e. The number of nitrogens with one attached hydrogen (secondary N) is 2. The summed E-state index contributed by atoms with van der Waals surface area (Å²) in [4.78, 5) is 19.8. The first-order valence-electron chi connectivity index (χ1n) is 14.6. The molecule has 0 saturated carbocycles. The second-order valence-corrected chi connectivity index (χ2v) is 14.3. The summed E-state index contributed by atoms with van der Waals surface area (Å²) in [6.07, 6.45) is 3.25. The average molecular weight is 682 g/mol. The Kier molecular flexibility index (Phi) is 8.87. The molecule has 0 radical (unpaired) electrons. The number of sulfonamides is 1. The summed E-state index contributed by atoms with van der Waals surface area (Å²) >= 11 is 1.31. The molecule has 10 nitrogen and oxygen atoms in total. The van der Waals surface area contributed by atoms with Crippen LogP contribution in [0.4, 0.5) is 36.3 Å². The number of benzene rings is 2. The molecule has 0 atom stereocenters. The molecule has 6 rings (SSSR count). The molecular formula is C32H30F3N7O3S2. The molecule has 0 aliphatic carbocycles. The monoisotopic (exact) mass is 681 g/mol. The van der Waals surface area contributed by atoms with Crippen molar-refractivity contribution < 1.29 is 26.3 Å². The number of pyridine rings is 1. The van der Waals surface area contributed by atoms with Crippen LogP contribution in [0, 0.1) is 17.5 Å². The molecule has 5 aromatic rings. The normalized spacial score (nSPS) is 13.9. The molecule has 3 aromatic heterocycles. The van der Waals surface area contributed by atoms with Crippen molar-refractivity contribution in [2.75, 3.05) is 41.2 Å². The molecule has 0 bridgehead atoms. The Labute approximate surface area is 273 Å². The van der Waals surface area contributed by atoms with Gasteiger partial charge in [-0.2, -0.15) is 0 Å². The van der Waals surface area contributed by atoms with Gasteiger partial charge in [0.2, 0.25) is 5.95 Å². The molecule has 4 heterocycles. The molecule has 0 spiro atoms. The summed E-state index contributed by atoms with van der Waals surface area (Å²) in [6.45, 7) is 8.71. The maximum absolute atomic E-state index is 16.1. The van der Waals surface area contributed by atoms with Gasteiger partial charge < -0.3 is 15.0 Å². The SMILES string of the molecule is CC(C)(C)c1nc(-c2cccc(NS(=O)(=O)c3c(F)cccc3F)c2F)c(-c2ccnc(Nc3ccc(N4CCOCC4)nc3)n2)s1. The predicted octanol–water partition coefficient (Wildman–Crippen LogP) is 6.76. The molecule has 1 saturated heterocycles. The lowest BCUT2D eigenvalue weighted by Crippen LogP contribution is -2.36. The zero-order valence-corrected chi connectivity index (χ0v) is 27.2. The zero-order valence-electron chi connectivity index (χ0n) is 25.6. The molecule has 0 unspecified atom stereocenters. The zero-order chi connectivity index (χ0) is 33.3. The van der Waals surface area contributed by atoms with Gasteiger partial charge in [-0.05, 0) is 42.5 Å². The molecule has 1 aliphatic heterocycles. The smallest absolute Gasteiger partial charge is 0.267 e. The van der Waals surface area contributed by atoms with Crippen LogP contribution in [-0.2, 0) is 20.2 Å². The summed E-state index contributed by atoms with van der Waals surface area (Å²) < 4.78 is 78.1. The van der Waals surface area contributed by atoms with Gasteiger partial charge in [-0.1, -0.05) is 32.9 Å². The molecule has 15 heteroatoms. The van der Waals surface area contributed by atoms with E-state index in [0.29, 0.717) is 34.5 Å². The van der Waals surface area contributed by atoms with Gasteiger partial charge in [-0.3, -0.25) is 4.72 Å². The van der Waals surface area contributed by atoms with Crippen LogP contribution in [0.5, 0.6) is 0 Å². The molecule has 0 amide bonds. The Balaban J connectivity index is 1.34. The van der Waals surface area contributed by atoms with Gasteiger partial charge in [0.1, 0.15) is 17.5 Å². The maximum atomic E-state index is 16.1. The number of aromatic nitrogens is 4. The van der Waals surface area contributed by atoms with E-state index in [1.165, 1.54) is 23.5 Å². The van der Waals surface area contributed by atoms with Crippen LogP contribution in [0.2, 0.25) is 0 Å². The van der Waals surface area contributed by atoms with E-state index in [1.807, 2.05) is 37.6 Å². The highest BCUT2D eigenvalue weighted by molar-refractivity contribution is 7.92. The van der Waals surface area contributed by atoms with Gasteiger partial charge in [0.25, 0.3) is 10.0 Å². The van der Waals surface area contributed by atoms with Gasteiger partial charge in [0, 0.05) is 30.3 Å². The molecule has 244 valence electrons. The van der Waals surface area contributed by atoms with Crippen molar-refractivity contribution >= 4 is 44.5 Å². The lowest BCUT2D eigenvalue weighted by molar-refractivity contribution is 0.122. The van der Waals surface area contributed by atoms with Crippen LogP contribution in [0.15, 0.2) is 71.9 Å². The predicted molar refractivity (Wildman–Crippen MR) is 175 cm³/mol. The van der Waals surface area contributed by atoms with Crippen molar-refractivity contribution in [3.8, 4) is 21.8 Å².